The number of unbranched alkanes of at least 4 members (excludes halogenated alkanes) is 3. The zero-order valence-electron chi connectivity index (χ0n) is 11.6. The van der Waals surface area contributed by atoms with E-state index in [4.69, 9.17) is 4.74 Å². The molecule has 0 aromatic rings. The van der Waals surface area contributed by atoms with E-state index in [2.05, 4.69) is 18.3 Å². The highest BCUT2D eigenvalue weighted by Gasteiger charge is 2.43. The molecule has 102 valence electrons. The predicted molar refractivity (Wildman–Crippen MR) is 72.2 cm³/mol. The van der Waals surface area contributed by atoms with Crippen molar-refractivity contribution in [3.8, 4) is 6.07 Å². The summed E-state index contributed by atoms with van der Waals surface area (Å²) in [6, 6.07) is 3.10. The van der Waals surface area contributed by atoms with Crippen LogP contribution >= 0.6 is 0 Å². The summed E-state index contributed by atoms with van der Waals surface area (Å²) in [4.78, 5) is 0. The largest absolute Gasteiger partial charge is 0.378 e. The van der Waals surface area contributed by atoms with Gasteiger partial charge in [-0.25, -0.2) is 0 Å². The van der Waals surface area contributed by atoms with Crippen LogP contribution in [-0.4, -0.2) is 24.3 Å². The maximum Gasteiger partial charge on any atom is 0.109 e. The van der Waals surface area contributed by atoms with Crippen LogP contribution in [0.1, 0.15) is 64.7 Å². The second-order valence-electron chi connectivity index (χ2n) is 5.91. The fourth-order valence-electron chi connectivity index (χ4n) is 2.80. The fourth-order valence-corrected chi connectivity index (χ4v) is 2.80. The van der Waals surface area contributed by atoms with Crippen LogP contribution in [0.2, 0.25) is 0 Å². The van der Waals surface area contributed by atoms with Crippen molar-refractivity contribution >= 4 is 0 Å². The number of hydrogen-bond donors (Lipinski definition) is 1. The van der Waals surface area contributed by atoms with Crippen molar-refractivity contribution in [1.82, 2.24) is 5.32 Å². The Bertz CT molecular complexity index is 295. The molecule has 3 heteroatoms. The van der Waals surface area contributed by atoms with Gasteiger partial charge >= 0.3 is 0 Å². The number of nitrogens with zero attached hydrogens (tertiary/aromatic N) is 1. The van der Waals surface area contributed by atoms with E-state index in [1.165, 1.54) is 38.5 Å². The molecule has 1 N–H and O–H groups in total. The Morgan fingerprint density at radius 1 is 1.28 bits per heavy atom. The summed E-state index contributed by atoms with van der Waals surface area (Å²) >= 11 is 0. The van der Waals surface area contributed by atoms with E-state index in [0.29, 0.717) is 12.1 Å². The number of hydrogen-bond acceptors (Lipinski definition) is 3. The van der Waals surface area contributed by atoms with Crippen LogP contribution in [0, 0.1) is 11.3 Å². The van der Waals surface area contributed by atoms with Gasteiger partial charge in [-0.2, -0.15) is 5.26 Å². The highest BCUT2D eigenvalue weighted by Crippen LogP contribution is 2.35. The van der Waals surface area contributed by atoms with Crippen LogP contribution in [0.3, 0.4) is 0 Å². The fraction of sp³-hybridized carbons (Fsp3) is 0.933. The molecule has 3 nitrogen and oxygen atoms in total. The minimum Gasteiger partial charge on any atom is -0.378 e. The van der Waals surface area contributed by atoms with Gasteiger partial charge in [0.2, 0.25) is 0 Å². The summed E-state index contributed by atoms with van der Waals surface area (Å²) in [6.07, 6.45) is 10.7. The first-order chi connectivity index (χ1) is 8.78. The minimum atomic E-state index is -0.282. The van der Waals surface area contributed by atoms with Crippen molar-refractivity contribution in [2.45, 2.75) is 82.4 Å². The van der Waals surface area contributed by atoms with Gasteiger partial charge < -0.3 is 4.74 Å². The highest BCUT2D eigenvalue weighted by molar-refractivity contribution is 5.14. The van der Waals surface area contributed by atoms with Gasteiger partial charge in [0.25, 0.3) is 0 Å². The van der Waals surface area contributed by atoms with Crippen LogP contribution in [0.25, 0.3) is 0 Å². The van der Waals surface area contributed by atoms with E-state index in [9.17, 15) is 5.26 Å². The van der Waals surface area contributed by atoms with E-state index < -0.39 is 0 Å². The lowest BCUT2D eigenvalue weighted by molar-refractivity contribution is 0.0520. The van der Waals surface area contributed by atoms with Gasteiger partial charge in [0.1, 0.15) is 5.54 Å². The molecule has 0 aromatic heterocycles. The highest BCUT2D eigenvalue weighted by atomic mass is 16.5. The van der Waals surface area contributed by atoms with Crippen LogP contribution in [0.15, 0.2) is 0 Å². The normalized spacial score (nSPS) is 31.4. The van der Waals surface area contributed by atoms with Gasteiger partial charge in [0.05, 0.1) is 12.2 Å². The molecule has 0 saturated heterocycles. The summed E-state index contributed by atoms with van der Waals surface area (Å²) < 4.78 is 5.92. The maximum absolute atomic E-state index is 9.38. The van der Waals surface area contributed by atoms with E-state index in [-0.39, 0.29) is 5.54 Å². The Morgan fingerprint density at radius 2 is 2.11 bits per heavy atom. The Hall–Kier alpha value is -0.590. The Morgan fingerprint density at radius 3 is 2.78 bits per heavy atom. The SMILES string of the molecule is CCCCCCOC1CCC(C#N)(NC2CC2)C1. The lowest BCUT2D eigenvalue weighted by Crippen LogP contribution is -2.43. The predicted octanol–water partition coefficient (Wildman–Crippen LogP) is 3.15. The first-order valence-corrected chi connectivity index (χ1v) is 7.58. The zero-order valence-corrected chi connectivity index (χ0v) is 11.6. The number of ether oxygens (including phenoxy) is 1. The summed E-state index contributed by atoms with van der Waals surface area (Å²) in [5.74, 6) is 0. The van der Waals surface area contributed by atoms with Crippen LogP contribution < -0.4 is 5.32 Å². The van der Waals surface area contributed by atoms with E-state index in [1.807, 2.05) is 0 Å². The van der Waals surface area contributed by atoms with Crippen molar-refractivity contribution < 1.29 is 4.74 Å². The molecule has 18 heavy (non-hydrogen) atoms. The first kappa shape index (κ1) is 13.8. The molecule has 0 radical (unpaired) electrons. The van der Waals surface area contributed by atoms with Crippen molar-refractivity contribution in [2.75, 3.05) is 6.61 Å². The molecular weight excluding hydrogens is 224 g/mol. The monoisotopic (exact) mass is 250 g/mol. The zero-order chi connectivity index (χ0) is 12.8. The van der Waals surface area contributed by atoms with Crippen molar-refractivity contribution in [1.29, 1.82) is 5.26 Å². The Kier molecular flexibility index (Phi) is 5.03. The summed E-state index contributed by atoms with van der Waals surface area (Å²) in [6.45, 7) is 3.10. The minimum absolute atomic E-state index is 0.282. The van der Waals surface area contributed by atoms with Crippen molar-refractivity contribution in [3.63, 3.8) is 0 Å². The third-order valence-electron chi connectivity index (χ3n) is 4.09. The molecular formula is C15H26N2O. The summed E-state index contributed by atoms with van der Waals surface area (Å²) in [5, 5.41) is 12.9. The van der Waals surface area contributed by atoms with Crippen molar-refractivity contribution in [3.05, 3.63) is 0 Å². The smallest absolute Gasteiger partial charge is 0.109 e. The molecule has 2 fully saturated rings. The van der Waals surface area contributed by atoms with E-state index in [0.717, 1.165) is 25.9 Å². The number of rotatable bonds is 8. The third kappa shape index (κ3) is 3.96. The molecule has 2 aliphatic rings. The number of nitrogens with one attached hydrogen (secondary N) is 1. The van der Waals surface area contributed by atoms with Crippen LogP contribution in [0.5, 0.6) is 0 Å². The molecule has 2 saturated carbocycles. The maximum atomic E-state index is 9.38. The molecule has 0 amide bonds. The average molecular weight is 250 g/mol. The second kappa shape index (κ2) is 6.54. The van der Waals surface area contributed by atoms with Crippen LogP contribution in [-0.2, 0) is 4.74 Å². The molecule has 2 rings (SSSR count). The summed E-state index contributed by atoms with van der Waals surface area (Å²) in [7, 11) is 0. The quantitative estimate of drug-likeness (QED) is 0.673. The molecule has 0 heterocycles. The van der Waals surface area contributed by atoms with Gasteiger partial charge in [0, 0.05) is 19.1 Å². The molecule has 0 aromatic carbocycles. The topological polar surface area (TPSA) is 45.0 Å². The van der Waals surface area contributed by atoms with Gasteiger partial charge in [-0.15, -0.1) is 0 Å². The molecule has 2 unspecified atom stereocenters. The Labute approximate surface area is 111 Å². The van der Waals surface area contributed by atoms with Crippen molar-refractivity contribution in [2.24, 2.45) is 0 Å². The van der Waals surface area contributed by atoms with Gasteiger partial charge in [-0.05, 0) is 32.1 Å². The van der Waals surface area contributed by atoms with Gasteiger partial charge in [0.15, 0.2) is 0 Å². The third-order valence-corrected chi connectivity index (χ3v) is 4.09. The number of nitriles is 1. The molecule has 0 bridgehead atoms. The van der Waals surface area contributed by atoms with E-state index >= 15 is 0 Å². The molecule has 2 atom stereocenters. The lowest BCUT2D eigenvalue weighted by Gasteiger charge is -2.22. The average Bonchev–Trinajstić information content (AvgIpc) is 3.09. The van der Waals surface area contributed by atoms with E-state index in [1.54, 1.807) is 0 Å². The van der Waals surface area contributed by atoms with Crippen LogP contribution in [0.4, 0.5) is 0 Å². The molecule has 0 spiro atoms. The van der Waals surface area contributed by atoms with Gasteiger partial charge in [-0.1, -0.05) is 26.2 Å². The standard InChI is InChI=1S/C15H26N2O/c1-2-3-4-5-10-18-14-8-9-15(11-14,12-16)17-13-6-7-13/h13-14,17H,2-11H2,1H3. The first-order valence-electron chi connectivity index (χ1n) is 7.58. The molecule has 0 aliphatic heterocycles. The Balaban J connectivity index is 1.65. The second-order valence-corrected chi connectivity index (χ2v) is 5.91. The summed E-state index contributed by atoms with van der Waals surface area (Å²) in [5.41, 5.74) is -0.282. The lowest BCUT2D eigenvalue weighted by atomic mass is 9.99. The molecule has 2 aliphatic carbocycles. The van der Waals surface area contributed by atoms with Gasteiger partial charge in [-0.3, -0.25) is 5.32 Å².